The highest BCUT2D eigenvalue weighted by atomic mass is 16.2. The van der Waals surface area contributed by atoms with Gasteiger partial charge in [-0.3, -0.25) is 9.59 Å². The zero-order chi connectivity index (χ0) is 28.8. The molecule has 0 radical (unpaired) electrons. The first-order valence-electron chi connectivity index (χ1n) is 14.6. The van der Waals surface area contributed by atoms with Gasteiger partial charge < -0.3 is 20.9 Å². The van der Waals surface area contributed by atoms with Crippen LogP contribution < -0.4 is 11.1 Å². The molecular formula is C34H39N5O2. The number of carbonyl (C=O) groups is 2. The summed E-state index contributed by atoms with van der Waals surface area (Å²) < 4.78 is 0. The molecule has 2 heterocycles. The van der Waals surface area contributed by atoms with E-state index < -0.39 is 12.1 Å². The highest BCUT2D eigenvalue weighted by Gasteiger charge is 2.40. The molecule has 0 bridgehead atoms. The molecule has 0 spiro atoms. The Bertz CT molecular complexity index is 1370. The highest BCUT2D eigenvalue weighted by Crippen LogP contribution is 2.35. The van der Waals surface area contributed by atoms with Crippen LogP contribution in [-0.2, 0) is 16.0 Å². The Morgan fingerprint density at radius 1 is 0.976 bits per heavy atom. The lowest BCUT2D eigenvalue weighted by Crippen LogP contribution is -2.55. The molecule has 5 rings (SSSR count). The molecule has 7 heteroatoms. The zero-order valence-corrected chi connectivity index (χ0v) is 23.7. The van der Waals surface area contributed by atoms with Gasteiger partial charge in [-0.15, -0.1) is 0 Å². The third-order valence-corrected chi connectivity index (χ3v) is 8.50. The molecule has 2 fully saturated rings. The van der Waals surface area contributed by atoms with E-state index in [9.17, 15) is 14.9 Å². The lowest BCUT2D eigenvalue weighted by Gasteiger charge is -2.32. The topological polar surface area (TPSA) is 102 Å². The maximum absolute atomic E-state index is 14.3. The van der Waals surface area contributed by atoms with Gasteiger partial charge in [0.1, 0.15) is 6.04 Å². The van der Waals surface area contributed by atoms with Crippen LogP contribution in [0.25, 0.3) is 0 Å². The predicted octanol–water partition coefficient (Wildman–Crippen LogP) is 3.81. The van der Waals surface area contributed by atoms with Crippen molar-refractivity contribution in [3.8, 4) is 6.07 Å². The summed E-state index contributed by atoms with van der Waals surface area (Å²) in [6.07, 6.45) is 2.28. The van der Waals surface area contributed by atoms with Gasteiger partial charge in [0.2, 0.25) is 11.8 Å². The molecule has 3 aromatic rings. The summed E-state index contributed by atoms with van der Waals surface area (Å²) in [4.78, 5) is 31.5. The number of likely N-dealkylation sites (tertiary alicyclic amines) is 2. The number of amides is 2. The molecule has 212 valence electrons. The van der Waals surface area contributed by atoms with E-state index in [4.69, 9.17) is 5.73 Å². The van der Waals surface area contributed by atoms with Crippen molar-refractivity contribution in [1.29, 1.82) is 5.26 Å². The highest BCUT2D eigenvalue weighted by molar-refractivity contribution is 5.90. The van der Waals surface area contributed by atoms with Crippen LogP contribution in [0.5, 0.6) is 0 Å². The maximum Gasteiger partial charge on any atom is 0.245 e. The summed E-state index contributed by atoms with van der Waals surface area (Å²) in [6.45, 7) is 5.00. The average Bonchev–Trinajstić information content (AvgIpc) is 3.65. The van der Waals surface area contributed by atoms with E-state index in [-0.39, 0.29) is 23.8 Å². The van der Waals surface area contributed by atoms with Crippen molar-refractivity contribution in [2.45, 2.75) is 56.1 Å². The van der Waals surface area contributed by atoms with E-state index in [0.717, 1.165) is 38.0 Å². The molecule has 0 aromatic heterocycles. The Balaban J connectivity index is 1.38. The minimum atomic E-state index is -0.768. The minimum Gasteiger partial charge on any atom is -0.343 e. The number of nitrogens with two attached hydrogens (primary N) is 1. The van der Waals surface area contributed by atoms with Crippen molar-refractivity contribution in [2.24, 2.45) is 5.73 Å². The van der Waals surface area contributed by atoms with Crippen LogP contribution in [0.3, 0.4) is 0 Å². The Hall–Kier alpha value is -3.99. The van der Waals surface area contributed by atoms with Gasteiger partial charge in [-0.25, -0.2) is 0 Å². The second-order valence-electron chi connectivity index (χ2n) is 11.5. The van der Waals surface area contributed by atoms with Gasteiger partial charge in [-0.2, -0.15) is 5.26 Å². The molecule has 7 nitrogen and oxygen atoms in total. The van der Waals surface area contributed by atoms with Crippen molar-refractivity contribution >= 4 is 11.8 Å². The number of hydrogen-bond donors (Lipinski definition) is 2. The predicted molar refractivity (Wildman–Crippen MR) is 160 cm³/mol. The fraction of sp³-hybridized carbons (Fsp3) is 0.382. The molecule has 3 aromatic carbocycles. The van der Waals surface area contributed by atoms with Gasteiger partial charge in [0.15, 0.2) is 0 Å². The summed E-state index contributed by atoms with van der Waals surface area (Å²) in [7, 11) is 0. The largest absolute Gasteiger partial charge is 0.343 e. The van der Waals surface area contributed by atoms with Gasteiger partial charge in [0.05, 0.1) is 17.7 Å². The molecule has 2 amide bonds. The zero-order valence-electron chi connectivity index (χ0n) is 23.7. The molecule has 0 aliphatic carbocycles. The fourth-order valence-electron chi connectivity index (χ4n) is 6.33. The Kier molecular flexibility index (Phi) is 9.13. The molecule has 3 unspecified atom stereocenters. The van der Waals surface area contributed by atoms with Gasteiger partial charge in [-0.1, -0.05) is 72.8 Å². The molecule has 5 atom stereocenters. The summed E-state index contributed by atoms with van der Waals surface area (Å²) in [5.74, 6) is 0.269. The molecule has 2 aliphatic heterocycles. The molecule has 41 heavy (non-hydrogen) atoms. The molecule has 2 aliphatic rings. The Morgan fingerprint density at radius 2 is 1.66 bits per heavy atom. The van der Waals surface area contributed by atoms with E-state index >= 15 is 0 Å². The summed E-state index contributed by atoms with van der Waals surface area (Å²) >= 11 is 0. The number of hydrogen-bond acceptors (Lipinski definition) is 5. The fourth-order valence-corrected chi connectivity index (χ4v) is 6.33. The maximum atomic E-state index is 14.3. The molecule has 0 saturated carbocycles. The number of rotatable bonds is 9. The van der Waals surface area contributed by atoms with Crippen LogP contribution in [-0.4, -0.2) is 65.9 Å². The van der Waals surface area contributed by atoms with Crippen LogP contribution in [0.1, 0.15) is 53.9 Å². The van der Waals surface area contributed by atoms with Crippen LogP contribution in [0.2, 0.25) is 0 Å². The molecule has 2 saturated heterocycles. The Morgan fingerprint density at radius 3 is 2.32 bits per heavy atom. The van der Waals surface area contributed by atoms with Crippen LogP contribution >= 0.6 is 0 Å². The van der Waals surface area contributed by atoms with Gasteiger partial charge in [0, 0.05) is 38.0 Å². The van der Waals surface area contributed by atoms with Crippen LogP contribution in [0, 0.1) is 11.3 Å². The monoisotopic (exact) mass is 549 g/mol. The van der Waals surface area contributed by atoms with Crippen LogP contribution in [0.4, 0.5) is 0 Å². The van der Waals surface area contributed by atoms with E-state index in [0.29, 0.717) is 24.4 Å². The van der Waals surface area contributed by atoms with Gasteiger partial charge in [0.25, 0.3) is 0 Å². The van der Waals surface area contributed by atoms with Crippen molar-refractivity contribution < 1.29 is 9.59 Å². The number of carbonyl (C=O) groups excluding carboxylic acids is 2. The molecular weight excluding hydrogens is 510 g/mol. The summed E-state index contributed by atoms with van der Waals surface area (Å²) in [6, 6.07) is 29.0. The van der Waals surface area contributed by atoms with E-state index in [1.165, 1.54) is 11.1 Å². The quantitative estimate of drug-likeness (QED) is 0.423. The van der Waals surface area contributed by atoms with Crippen LogP contribution in [0.15, 0.2) is 84.9 Å². The van der Waals surface area contributed by atoms with Gasteiger partial charge >= 0.3 is 0 Å². The van der Waals surface area contributed by atoms with Gasteiger partial charge in [-0.05, 0) is 61.1 Å². The van der Waals surface area contributed by atoms with E-state index in [2.05, 4.69) is 58.8 Å². The normalized spacial score (nSPS) is 22.2. The number of benzene rings is 3. The smallest absolute Gasteiger partial charge is 0.245 e. The van der Waals surface area contributed by atoms with Crippen molar-refractivity contribution in [3.05, 3.63) is 107 Å². The standard InChI is InChI=1S/C34H39N5O2/c1-24(36)33(40)37-32(18-25-9-8-10-26(17-25)20-35)34(41)39-22-30(28-13-6-3-7-14-28)19-31(39)23-38-16-15-29(21-38)27-11-4-2-5-12-27/h2-14,17,24,29-32H,15-16,18-19,21-23,36H2,1H3,(H,37,40)/t24?,29?,30-,31-,32?/m0/s1. The summed E-state index contributed by atoms with van der Waals surface area (Å²) in [5.41, 5.74) is 9.84. The van der Waals surface area contributed by atoms with E-state index in [1.54, 1.807) is 19.1 Å². The molecule has 3 N–H and O–H groups in total. The minimum absolute atomic E-state index is 0.0300. The van der Waals surface area contributed by atoms with Crippen molar-refractivity contribution in [3.63, 3.8) is 0 Å². The number of nitriles is 1. The second kappa shape index (κ2) is 13.1. The van der Waals surface area contributed by atoms with E-state index in [1.807, 2.05) is 35.2 Å². The summed E-state index contributed by atoms with van der Waals surface area (Å²) in [5, 5.41) is 12.3. The first-order valence-corrected chi connectivity index (χ1v) is 14.6. The number of nitrogens with one attached hydrogen (secondary N) is 1. The first-order chi connectivity index (χ1) is 19.9. The third-order valence-electron chi connectivity index (χ3n) is 8.50. The van der Waals surface area contributed by atoms with Crippen molar-refractivity contribution in [1.82, 2.24) is 15.1 Å². The lowest BCUT2D eigenvalue weighted by atomic mass is 9.96. The Labute approximate surface area is 242 Å². The number of nitrogens with zero attached hydrogens (tertiary/aromatic N) is 3. The lowest BCUT2D eigenvalue weighted by molar-refractivity contribution is -0.137. The SMILES string of the molecule is CC(N)C(=O)NC(Cc1cccc(C#N)c1)C(=O)N1C[C@@H](c2ccccc2)C[C@H]1CN1CCC(c2ccccc2)C1. The average molecular weight is 550 g/mol. The third kappa shape index (κ3) is 7.02. The first kappa shape index (κ1) is 28.5. The van der Waals surface area contributed by atoms with Crippen molar-refractivity contribution in [2.75, 3.05) is 26.2 Å². The second-order valence-corrected chi connectivity index (χ2v) is 11.5.